The van der Waals surface area contributed by atoms with Crippen molar-refractivity contribution in [2.24, 2.45) is 11.7 Å². The maximum Gasteiger partial charge on any atom is 0.322 e. The molecule has 3 nitrogen and oxygen atoms in total. The lowest BCUT2D eigenvalue weighted by atomic mass is 9.95. The third kappa shape index (κ3) is 13.1. The fourth-order valence-electron chi connectivity index (χ4n) is 2.72. The highest BCUT2D eigenvalue weighted by Crippen LogP contribution is 2.19. The quantitative estimate of drug-likeness (QED) is 0.333. The van der Waals surface area contributed by atoms with Crippen LogP contribution in [0.1, 0.15) is 97.8 Å². The molecule has 0 aliphatic carbocycles. The van der Waals surface area contributed by atoms with E-state index >= 15 is 0 Å². The van der Waals surface area contributed by atoms with Gasteiger partial charge in [0.05, 0.1) is 6.61 Å². The van der Waals surface area contributed by atoms with Crippen LogP contribution in [0.3, 0.4) is 0 Å². The molecule has 0 radical (unpaired) electrons. The molecule has 0 spiro atoms. The molecule has 0 amide bonds. The van der Waals surface area contributed by atoms with Crippen molar-refractivity contribution in [3.63, 3.8) is 0 Å². The molecule has 1 unspecified atom stereocenters. The third-order valence-electron chi connectivity index (χ3n) is 4.26. The smallest absolute Gasteiger partial charge is 0.322 e. The number of carbonyl (C=O) groups is 1. The number of esters is 1. The second-order valence-electron chi connectivity index (χ2n) is 6.69. The molecule has 0 heterocycles. The highest BCUT2D eigenvalue weighted by Gasteiger charge is 2.14. The Balaban J connectivity index is 3.91. The Bertz CT molecular complexity index is 254. The number of nitrogens with two attached hydrogens (primary N) is 1. The number of unbranched alkanes of at least 4 members (excludes halogenated alkanes) is 8. The van der Waals surface area contributed by atoms with E-state index < -0.39 is 6.04 Å². The van der Waals surface area contributed by atoms with Gasteiger partial charge in [0, 0.05) is 0 Å². The van der Waals surface area contributed by atoms with Gasteiger partial charge in [0.1, 0.15) is 6.04 Å². The summed E-state index contributed by atoms with van der Waals surface area (Å²) >= 11 is 0. The predicted octanol–water partition coefficient (Wildman–Crippen LogP) is 5.21. The summed E-state index contributed by atoms with van der Waals surface area (Å²) in [5, 5.41) is 0. The van der Waals surface area contributed by atoms with Gasteiger partial charge in [-0.1, -0.05) is 78.1 Å². The molecular weight excluding hydrogens is 274 g/mol. The standard InChI is InChI=1S/C19H39NO2/c1-4-6-8-10-11-13-15-18(14-12-9-7-5-2)16-22-19(21)17(3)20/h17-18H,4-16,20H2,1-3H3/t17-,18?/m0/s1. The Kier molecular flexibility index (Phi) is 14.9. The fourth-order valence-corrected chi connectivity index (χ4v) is 2.72. The van der Waals surface area contributed by atoms with E-state index in [1.54, 1.807) is 6.92 Å². The lowest BCUT2D eigenvalue weighted by Gasteiger charge is -2.18. The second-order valence-corrected chi connectivity index (χ2v) is 6.69. The van der Waals surface area contributed by atoms with Crippen molar-refractivity contribution < 1.29 is 9.53 Å². The van der Waals surface area contributed by atoms with E-state index in [1.165, 1.54) is 77.0 Å². The van der Waals surface area contributed by atoms with Crippen LogP contribution in [-0.2, 0) is 9.53 Å². The first-order valence-corrected chi connectivity index (χ1v) is 9.54. The molecule has 132 valence electrons. The van der Waals surface area contributed by atoms with E-state index in [9.17, 15) is 4.79 Å². The lowest BCUT2D eigenvalue weighted by Crippen LogP contribution is -2.30. The molecule has 0 bridgehead atoms. The monoisotopic (exact) mass is 313 g/mol. The minimum absolute atomic E-state index is 0.262. The Labute approximate surface area is 138 Å². The van der Waals surface area contributed by atoms with E-state index in [2.05, 4.69) is 13.8 Å². The van der Waals surface area contributed by atoms with Crippen LogP contribution >= 0.6 is 0 Å². The summed E-state index contributed by atoms with van der Waals surface area (Å²) in [7, 11) is 0. The van der Waals surface area contributed by atoms with Gasteiger partial charge in [-0.15, -0.1) is 0 Å². The van der Waals surface area contributed by atoms with Crippen LogP contribution in [0.15, 0.2) is 0 Å². The second kappa shape index (κ2) is 15.3. The van der Waals surface area contributed by atoms with Gasteiger partial charge < -0.3 is 10.5 Å². The number of carbonyl (C=O) groups excluding carboxylic acids is 1. The molecule has 2 N–H and O–H groups in total. The molecule has 2 atom stereocenters. The summed E-state index contributed by atoms with van der Waals surface area (Å²) < 4.78 is 5.35. The van der Waals surface area contributed by atoms with Gasteiger partial charge in [0.15, 0.2) is 0 Å². The van der Waals surface area contributed by atoms with Crippen molar-refractivity contribution in [2.45, 2.75) is 104 Å². The first-order chi connectivity index (χ1) is 10.6. The maximum absolute atomic E-state index is 11.5. The van der Waals surface area contributed by atoms with Crippen molar-refractivity contribution in [2.75, 3.05) is 6.61 Å². The van der Waals surface area contributed by atoms with E-state index in [4.69, 9.17) is 10.5 Å². The summed E-state index contributed by atoms with van der Waals surface area (Å²) in [6, 6.07) is -0.505. The largest absolute Gasteiger partial charge is 0.464 e. The summed E-state index contributed by atoms with van der Waals surface area (Å²) in [6.45, 7) is 6.73. The van der Waals surface area contributed by atoms with Crippen LogP contribution in [0.25, 0.3) is 0 Å². The molecule has 0 saturated heterocycles. The summed E-state index contributed by atoms with van der Waals surface area (Å²) in [5.74, 6) is 0.257. The normalized spacial score (nSPS) is 13.8. The van der Waals surface area contributed by atoms with Crippen molar-refractivity contribution >= 4 is 5.97 Å². The van der Waals surface area contributed by atoms with Crippen molar-refractivity contribution in [1.29, 1.82) is 0 Å². The first kappa shape index (κ1) is 21.4. The molecule has 0 aliphatic rings. The number of hydrogen-bond acceptors (Lipinski definition) is 3. The fraction of sp³-hybridized carbons (Fsp3) is 0.947. The topological polar surface area (TPSA) is 52.3 Å². The Hall–Kier alpha value is -0.570. The zero-order chi connectivity index (χ0) is 16.6. The minimum atomic E-state index is -0.505. The average molecular weight is 314 g/mol. The van der Waals surface area contributed by atoms with Crippen LogP contribution in [0, 0.1) is 5.92 Å². The van der Waals surface area contributed by atoms with Crippen LogP contribution in [-0.4, -0.2) is 18.6 Å². The molecule has 0 rings (SSSR count). The molecule has 0 fully saturated rings. The zero-order valence-corrected chi connectivity index (χ0v) is 15.2. The van der Waals surface area contributed by atoms with Gasteiger partial charge in [-0.25, -0.2) is 0 Å². The van der Waals surface area contributed by atoms with Gasteiger partial charge in [-0.05, 0) is 25.7 Å². The summed E-state index contributed by atoms with van der Waals surface area (Å²) in [5.41, 5.74) is 5.56. The van der Waals surface area contributed by atoms with Gasteiger partial charge in [-0.2, -0.15) is 0 Å². The van der Waals surface area contributed by atoms with Gasteiger partial charge in [-0.3, -0.25) is 4.79 Å². The first-order valence-electron chi connectivity index (χ1n) is 9.54. The van der Waals surface area contributed by atoms with Crippen molar-refractivity contribution in [1.82, 2.24) is 0 Å². The van der Waals surface area contributed by atoms with Gasteiger partial charge in [0.2, 0.25) is 0 Å². The van der Waals surface area contributed by atoms with Crippen molar-refractivity contribution in [3.8, 4) is 0 Å². The van der Waals surface area contributed by atoms with E-state index in [0.717, 1.165) is 0 Å². The molecule has 0 aromatic rings. The molecule has 0 saturated carbocycles. The van der Waals surface area contributed by atoms with Crippen LogP contribution < -0.4 is 5.73 Å². The number of hydrogen-bond donors (Lipinski definition) is 1. The summed E-state index contributed by atoms with van der Waals surface area (Å²) in [6.07, 6.45) is 15.4. The molecule has 0 aromatic carbocycles. The highest BCUT2D eigenvalue weighted by atomic mass is 16.5. The summed E-state index contributed by atoms with van der Waals surface area (Å²) in [4.78, 5) is 11.5. The van der Waals surface area contributed by atoms with E-state index in [1.807, 2.05) is 0 Å². The van der Waals surface area contributed by atoms with E-state index in [-0.39, 0.29) is 5.97 Å². The van der Waals surface area contributed by atoms with E-state index in [0.29, 0.717) is 12.5 Å². The van der Waals surface area contributed by atoms with Crippen LogP contribution in [0.2, 0.25) is 0 Å². The SMILES string of the molecule is CCCCCCCCC(CCCCCC)COC(=O)[C@H](C)N. The molecule has 3 heteroatoms. The highest BCUT2D eigenvalue weighted by molar-refractivity contribution is 5.74. The molecule has 0 aromatic heterocycles. The van der Waals surface area contributed by atoms with Gasteiger partial charge in [0.25, 0.3) is 0 Å². The average Bonchev–Trinajstić information content (AvgIpc) is 2.51. The van der Waals surface area contributed by atoms with Crippen LogP contribution in [0.5, 0.6) is 0 Å². The lowest BCUT2D eigenvalue weighted by molar-refractivity contribution is -0.146. The molecule has 0 aliphatic heterocycles. The Morgan fingerprint density at radius 2 is 1.32 bits per heavy atom. The zero-order valence-electron chi connectivity index (χ0n) is 15.2. The maximum atomic E-state index is 11.5. The third-order valence-corrected chi connectivity index (χ3v) is 4.26. The van der Waals surface area contributed by atoms with Crippen LogP contribution in [0.4, 0.5) is 0 Å². The Morgan fingerprint density at radius 3 is 1.82 bits per heavy atom. The number of rotatable bonds is 15. The molecule has 22 heavy (non-hydrogen) atoms. The minimum Gasteiger partial charge on any atom is -0.464 e. The molecular formula is C19H39NO2. The predicted molar refractivity (Wildman–Crippen MR) is 94.9 cm³/mol. The number of ether oxygens (including phenoxy) is 1. The Morgan fingerprint density at radius 1 is 0.864 bits per heavy atom. The van der Waals surface area contributed by atoms with Crippen molar-refractivity contribution in [3.05, 3.63) is 0 Å². The van der Waals surface area contributed by atoms with Gasteiger partial charge >= 0.3 is 5.97 Å².